The molecule has 3 N–H and O–H groups in total. The predicted octanol–water partition coefficient (Wildman–Crippen LogP) is 6.16. The minimum absolute atomic E-state index is 0.197. The Labute approximate surface area is 243 Å². The summed E-state index contributed by atoms with van der Waals surface area (Å²) in [7, 11) is 0. The van der Waals surface area contributed by atoms with Crippen molar-refractivity contribution in [3.63, 3.8) is 0 Å². The third-order valence-corrected chi connectivity index (χ3v) is 9.89. The number of hydrogen-bond acceptors (Lipinski definition) is 7. The third kappa shape index (κ3) is 6.96. The van der Waals surface area contributed by atoms with E-state index in [-0.39, 0.29) is 18.4 Å². The lowest BCUT2D eigenvalue weighted by atomic mass is 9.82. The third-order valence-electron chi connectivity index (χ3n) is 7.36. The Hall–Kier alpha value is -3.11. The summed E-state index contributed by atoms with van der Waals surface area (Å²) in [5, 5.41) is 15.5. The van der Waals surface area contributed by atoms with E-state index in [1.165, 1.54) is 23.1 Å². The van der Waals surface area contributed by atoms with E-state index in [0.717, 1.165) is 34.6 Å². The molecule has 0 bridgehead atoms. The van der Waals surface area contributed by atoms with Crippen LogP contribution in [0.2, 0.25) is 0 Å². The summed E-state index contributed by atoms with van der Waals surface area (Å²) in [5.41, 5.74) is 2.04. The zero-order valence-electron chi connectivity index (χ0n) is 23.0. The fourth-order valence-corrected chi connectivity index (χ4v) is 7.61. The van der Waals surface area contributed by atoms with Crippen molar-refractivity contribution in [2.45, 2.75) is 69.4 Å². The quantitative estimate of drug-likeness (QED) is 0.174. The number of carboxylic acids is 1. The molecule has 214 valence electrons. The van der Waals surface area contributed by atoms with Gasteiger partial charge in [0.1, 0.15) is 5.00 Å². The van der Waals surface area contributed by atoms with E-state index in [2.05, 4.69) is 17.6 Å². The first kappa shape index (κ1) is 29.9. The van der Waals surface area contributed by atoms with Gasteiger partial charge in [-0.15, -0.1) is 23.1 Å². The Morgan fingerprint density at radius 2 is 1.88 bits per heavy atom. The second-order valence-corrected chi connectivity index (χ2v) is 12.7. The normalized spacial score (nSPS) is 20.7. The Bertz CT molecular complexity index is 1300. The number of hydrogen-bond donors (Lipinski definition) is 3. The van der Waals surface area contributed by atoms with Crippen LogP contribution in [0.1, 0.15) is 67.3 Å². The van der Waals surface area contributed by atoms with Crippen LogP contribution in [0.3, 0.4) is 0 Å². The average Bonchev–Trinajstić information content (AvgIpc) is 3.28. The van der Waals surface area contributed by atoms with Gasteiger partial charge in [-0.05, 0) is 75.1 Å². The summed E-state index contributed by atoms with van der Waals surface area (Å²) < 4.78 is 5.33. The molecule has 4 rings (SSSR count). The first-order valence-electron chi connectivity index (χ1n) is 13.8. The van der Waals surface area contributed by atoms with Gasteiger partial charge in [-0.1, -0.05) is 32.1 Å². The van der Waals surface area contributed by atoms with Gasteiger partial charge in [0.05, 0.1) is 29.3 Å². The highest BCUT2D eigenvalue weighted by Gasteiger charge is 2.34. The van der Waals surface area contributed by atoms with Gasteiger partial charge in [-0.3, -0.25) is 14.4 Å². The summed E-state index contributed by atoms with van der Waals surface area (Å²) in [5.74, 6) is -2.75. The average molecular weight is 585 g/mol. The van der Waals surface area contributed by atoms with Crippen LogP contribution in [0.15, 0.2) is 41.3 Å². The molecule has 0 saturated heterocycles. The summed E-state index contributed by atoms with van der Waals surface area (Å²) in [6, 6.07) is 7.21. The molecule has 0 radical (unpaired) electrons. The SMILES string of the molecule is CCOC(=O)c1c(NC(=O)C(CC)Sc2cccc(NC(=O)C3CC=CCC3C(=O)O)c2)sc2c1CCC(C)C2. The number of carbonyl (C=O) groups is 4. The Kier molecular flexibility index (Phi) is 10.1. The van der Waals surface area contributed by atoms with Crippen LogP contribution in [-0.2, 0) is 32.0 Å². The summed E-state index contributed by atoms with van der Waals surface area (Å²) in [6.45, 7) is 6.16. The van der Waals surface area contributed by atoms with Crippen molar-refractivity contribution in [3.8, 4) is 0 Å². The smallest absolute Gasteiger partial charge is 0.341 e. The summed E-state index contributed by atoms with van der Waals surface area (Å²) in [4.78, 5) is 52.7. The molecule has 0 fully saturated rings. The lowest BCUT2D eigenvalue weighted by molar-refractivity contribution is -0.146. The maximum absolute atomic E-state index is 13.4. The molecule has 2 aliphatic rings. The molecule has 4 atom stereocenters. The number of allylic oxidation sites excluding steroid dienone is 2. The molecule has 0 aliphatic heterocycles. The van der Waals surface area contributed by atoms with Crippen LogP contribution in [0.5, 0.6) is 0 Å². The first-order valence-corrected chi connectivity index (χ1v) is 15.5. The molecule has 1 aromatic carbocycles. The number of ether oxygens (including phenoxy) is 1. The van der Waals surface area contributed by atoms with Crippen molar-refractivity contribution in [3.05, 3.63) is 52.4 Å². The second-order valence-electron chi connectivity index (χ2n) is 10.3. The van der Waals surface area contributed by atoms with Gasteiger partial charge in [0.15, 0.2) is 0 Å². The molecule has 8 nitrogen and oxygen atoms in total. The number of anilines is 2. The standard InChI is InChI=1S/C30H36N2O6S2/c1-4-23(27(34)32-28-25(30(37)38-5-2)22-14-13-17(3)15-24(22)40-28)39-19-10-8-9-18(16-19)31-26(33)20-11-6-7-12-21(20)29(35)36/h6-10,16-17,20-21,23H,4-5,11-15H2,1-3H3,(H,31,33)(H,32,34)(H,35,36). The van der Waals surface area contributed by atoms with Crippen molar-refractivity contribution >= 4 is 57.5 Å². The molecular weight excluding hydrogens is 548 g/mol. The monoisotopic (exact) mass is 584 g/mol. The summed E-state index contributed by atoms with van der Waals surface area (Å²) in [6.07, 6.45) is 7.60. The first-order chi connectivity index (χ1) is 19.2. The number of carbonyl (C=O) groups excluding carboxylic acids is 3. The number of fused-ring (bicyclic) bond motifs is 1. The van der Waals surface area contributed by atoms with E-state index in [9.17, 15) is 24.3 Å². The number of aliphatic carboxylic acids is 1. The van der Waals surface area contributed by atoms with Crippen LogP contribution >= 0.6 is 23.1 Å². The largest absolute Gasteiger partial charge is 0.481 e. The van der Waals surface area contributed by atoms with Crippen molar-refractivity contribution in [1.82, 2.24) is 0 Å². The van der Waals surface area contributed by atoms with Gasteiger partial charge < -0.3 is 20.5 Å². The molecule has 2 amide bonds. The van der Waals surface area contributed by atoms with Crippen LogP contribution in [-0.4, -0.2) is 40.7 Å². The van der Waals surface area contributed by atoms with E-state index < -0.39 is 29.0 Å². The Balaban J connectivity index is 1.46. The highest BCUT2D eigenvalue weighted by Crippen LogP contribution is 2.41. The van der Waals surface area contributed by atoms with Crippen LogP contribution in [0.25, 0.3) is 0 Å². The van der Waals surface area contributed by atoms with E-state index in [0.29, 0.717) is 41.4 Å². The van der Waals surface area contributed by atoms with Crippen molar-refractivity contribution < 1.29 is 29.0 Å². The van der Waals surface area contributed by atoms with Gasteiger partial charge >= 0.3 is 11.9 Å². The molecule has 0 spiro atoms. The van der Waals surface area contributed by atoms with E-state index in [1.807, 2.05) is 19.1 Å². The second kappa shape index (κ2) is 13.5. The van der Waals surface area contributed by atoms with E-state index >= 15 is 0 Å². The molecular formula is C30H36N2O6S2. The fraction of sp³-hybridized carbons (Fsp3) is 0.467. The maximum Gasteiger partial charge on any atom is 0.341 e. The van der Waals surface area contributed by atoms with Crippen LogP contribution in [0, 0.1) is 17.8 Å². The minimum Gasteiger partial charge on any atom is -0.481 e. The maximum atomic E-state index is 13.4. The van der Waals surface area contributed by atoms with Gasteiger partial charge in [0, 0.05) is 15.5 Å². The fourth-order valence-electron chi connectivity index (χ4n) is 5.20. The van der Waals surface area contributed by atoms with Gasteiger partial charge in [-0.25, -0.2) is 4.79 Å². The molecule has 2 aliphatic carbocycles. The minimum atomic E-state index is -0.974. The summed E-state index contributed by atoms with van der Waals surface area (Å²) >= 11 is 2.85. The lowest BCUT2D eigenvalue weighted by Gasteiger charge is -2.24. The topological polar surface area (TPSA) is 122 Å². The number of benzene rings is 1. The molecule has 4 unspecified atom stereocenters. The van der Waals surface area contributed by atoms with Crippen molar-refractivity contribution in [1.29, 1.82) is 0 Å². The van der Waals surface area contributed by atoms with Crippen molar-refractivity contribution in [2.75, 3.05) is 17.2 Å². The van der Waals surface area contributed by atoms with E-state index in [4.69, 9.17) is 4.74 Å². The number of esters is 1. The zero-order valence-corrected chi connectivity index (χ0v) is 24.7. The number of nitrogens with one attached hydrogen (secondary N) is 2. The number of thiophene rings is 1. The van der Waals surface area contributed by atoms with Crippen LogP contribution < -0.4 is 10.6 Å². The highest BCUT2D eigenvalue weighted by molar-refractivity contribution is 8.00. The molecule has 10 heteroatoms. The van der Waals surface area contributed by atoms with E-state index in [1.54, 1.807) is 31.2 Å². The van der Waals surface area contributed by atoms with Crippen molar-refractivity contribution in [2.24, 2.45) is 17.8 Å². The van der Waals surface area contributed by atoms with Gasteiger partial charge in [0.25, 0.3) is 0 Å². The lowest BCUT2D eigenvalue weighted by Crippen LogP contribution is -2.34. The molecule has 2 aromatic rings. The highest BCUT2D eigenvalue weighted by atomic mass is 32.2. The predicted molar refractivity (Wildman–Crippen MR) is 158 cm³/mol. The molecule has 1 heterocycles. The number of thioether (sulfide) groups is 1. The Morgan fingerprint density at radius 3 is 2.58 bits per heavy atom. The number of rotatable bonds is 10. The molecule has 40 heavy (non-hydrogen) atoms. The molecule has 0 saturated carbocycles. The number of amides is 2. The van der Waals surface area contributed by atoms with Gasteiger partial charge in [0.2, 0.25) is 11.8 Å². The van der Waals surface area contributed by atoms with Gasteiger partial charge in [-0.2, -0.15) is 0 Å². The van der Waals surface area contributed by atoms with Crippen LogP contribution in [0.4, 0.5) is 10.7 Å². The molecule has 1 aromatic heterocycles. The number of carboxylic acid groups (broad SMARTS) is 1. The Morgan fingerprint density at radius 1 is 1.12 bits per heavy atom. The zero-order chi connectivity index (χ0) is 28.8.